The van der Waals surface area contributed by atoms with Crippen LogP contribution in [0.4, 0.5) is 4.79 Å². The number of amides is 2. The Labute approximate surface area is 194 Å². The fourth-order valence-electron chi connectivity index (χ4n) is 4.13. The van der Waals surface area contributed by atoms with E-state index in [4.69, 9.17) is 9.84 Å². The average molecular weight is 453 g/mol. The number of benzene rings is 2. The van der Waals surface area contributed by atoms with Gasteiger partial charge in [-0.3, -0.25) is 9.59 Å². The number of rotatable bonds is 10. The molecular formula is C26H32N2O5. The number of alkyl carbamates (subject to hydrolysis) is 1. The minimum atomic E-state index is -0.921. The molecule has 0 aromatic heterocycles. The lowest BCUT2D eigenvalue weighted by atomic mass is 9.98. The van der Waals surface area contributed by atoms with Crippen LogP contribution in [0.5, 0.6) is 0 Å². The summed E-state index contributed by atoms with van der Waals surface area (Å²) in [6.45, 7) is 5.75. The van der Waals surface area contributed by atoms with Crippen molar-refractivity contribution in [1.82, 2.24) is 10.6 Å². The summed E-state index contributed by atoms with van der Waals surface area (Å²) in [7, 11) is 0. The highest BCUT2D eigenvalue weighted by Gasteiger charge is 2.30. The molecule has 0 bridgehead atoms. The van der Waals surface area contributed by atoms with Crippen molar-refractivity contribution in [3.8, 4) is 11.1 Å². The largest absolute Gasteiger partial charge is 0.481 e. The van der Waals surface area contributed by atoms with Gasteiger partial charge in [0.2, 0.25) is 5.91 Å². The second-order valence-electron chi connectivity index (χ2n) is 9.08. The van der Waals surface area contributed by atoms with Crippen molar-refractivity contribution in [2.45, 2.75) is 51.5 Å². The monoisotopic (exact) mass is 452 g/mol. The Morgan fingerprint density at radius 1 is 1.03 bits per heavy atom. The molecule has 1 aliphatic rings. The molecule has 0 radical (unpaired) electrons. The predicted molar refractivity (Wildman–Crippen MR) is 126 cm³/mol. The van der Waals surface area contributed by atoms with E-state index in [0.717, 1.165) is 11.1 Å². The lowest BCUT2D eigenvalue weighted by Crippen LogP contribution is -2.45. The summed E-state index contributed by atoms with van der Waals surface area (Å²) < 4.78 is 5.59. The van der Waals surface area contributed by atoms with Crippen LogP contribution in [-0.4, -0.2) is 41.8 Å². The lowest BCUT2D eigenvalue weighted by molar-refractivity contribution is -0.141. The standard InChI is InChI=1S/C26H32N2O5/c1-4-17(24(30)31)15-27-23(29)13-14-26(2,3)28-25(32)33-16-22-20-11-7-5-9-18(20)19-10-6-8-12-21(19)22/h5-12,17,22H,4,13-16H2,1-3H3,(H,27,29)(H,28,32)(H,30,31). The van der Waals surface area contributed by atoms with Crippen molar-refractivity contribution >= 4 is 18.0 Å². The number of carbonyl (C=O) groups is 3. The Morgan fingerprint density at radius 2 is 1.61 bits per heavy atom. The first-order valence-corrected chi connectivity index (χ1v) is 11.3. The number of hydrogen-bond donors (Lipinski definition) is 3. The van der Waals surface area contributed by atoms with Gasteiger partial charge in [-0.25, -0.2) is 4.79 Å². The van der Waals surface area contributed by atoms with Crippen LogP contribution >= 0.6 is 0 Å². The number of carboxylic acid groups (broad SMARTS) is 1. The van der Waals surface area contributed by atoms with Crippen molar-refractivity contribution in [2.24, 2.45) is 5.92 Å². The molecule has 0 saturated heterocycles. The van der Waals surface area contributed by atoms with E-state index >= 15 is 0 Å². The Bertz CT molecular complexity index is 972. The third kappa shape index (κ3) is 6.12. The molecule has 7 nitrogen and oxygen atoms in total. The quantitative estimate of drug-likeness (QED) is 0.498. The molecule has 0 fully saturated rings. The van der Waals surface area contributed by atoms with Gasteiger partial charge in [-0.05, 0) is 48.9 Å². The molecule has 1 unspecified atom stereocenters. The SMILES string of the molecule is CCC(CNC(=O)CCC(C)(C)NC(=O)OCC1c2ccccc2-c2ccccc21)C(=O)O. The molecule has 0 saturated carbocycles. The van der Waals surface area contributed by atoms with Gasteiger partial charge < -0.3 is 20.5 Å². The van der Waals surface area contributed by atoms with Gasteiger partial charge in [-0.2, -0.15) is 0 Å². The summed E-state index contributed by atoms with van der Waals surface area (Å²) in [4.78, 5) is 35.7. The molecule has 2 amide bonds. The zero-order chi connectivity index (χ0) is 24.0. The van der Waals surface area contributed by atoms with Crippen LogP contribution in [0.15, 0.2) is 48.5 Å². The fourth-order valence-corrected chi connectivity index (χ4v) is 4.13. The minimum absolute atomic E-state index is 0.0159. The van der Waals surface area contributed by atoms with E-state index in [2.05, 4.69) is 34.9 Å². The number of fused-ring (bicyclic) bond motifs is 3. The molecule has 1 atom stereocenters. The Hall–Kier alpha value is -3.35. The molecule has 7 heteroatoms. The molecule has 176 valence electrons. The number of hydrogen-bond acceptors (Lipinski definition) is 4. The van der Waals surface area contributed by atoms with E-state index in [1.165, 1.54) is 11.1 Å². The summed E-state index contributed by atoms with van der Waals surface area (Å²) in [6.07, 6.45) is 0.489. The molecule has 2 aromatic rings. The van der Waals surface area contributed by atoms with Crippen LogP contribution in [-0.2, 0) is 14.3 Å². The zero-order valence-electron chi connectivity index (χ0n) is 19.4. The van der Waals surface area contributed by atoms with Crippen molar-refractivity contribution < 1.29 is 24.2 Å². The van der Waals surface area contributed by atoms with E-state index < -0.39 is 23.5 Å². The van der Waals surface area contributed by atoms with Crippen LogP contribution < -0.4 is 10.6 Å². The summed E-state index contributed by atoms with van der Waals surface area (Å²) in [5.41, 5.74) is 3.98. The first-order valence-electron chi connectivity index (χ1n) is 11.3. The van der Waals surface area contributed by atoms with Crippen LogP contribution in [0.2, 0.25) is 0 Å². The topological polar surface area (TPSA) is 105 Å². The molecule has 33 heavy (non-hydrogen) atoms. The van der Waals surface area contributed by atoms with Gasteiger partial charge in [0, 0.05) is 24.4 Å². The van der Waals surface area contributed by atoms with Gasteiger partial charge in [-0.1, -0.05) is 55.5 Å². The van der Waals surface area contributed by atoms with E-state index in [0.29, 0.717) is 12.8 Å². The summed E-state index contributed by atoms with van der Waals surface area (Å²) in [6, 6.07) is 16.3. The molecular weight excluding hydrogens is 420 g/mol. The Kier molecular flexibility index (Phi) is 7.74. The van der Waals surface area contributed by atoms with Crippen molar-refractivity contribution in [1.29, 1.82) is 0 Å². The van der Waals surface area contributed by atoms with Crippen molar-refractivity contribution in [3.63, 3.8) is 0 Å². The van der Waals surface area contributed by atoms with Crippen LogP contribution in [0.25, 0.3) is 11.1 Å². The van der Waals surface area contributed by atoms with Crippen LogP contribution in [0.1, 0.15) is 57.1 Å². The second kappa shape index (κ2) is 10.5. The zero-order valence-corrected chi connectivity index (χ0v) is 19.4. The highest BCUT2D eigenvalue weighted by Crippen LogP contribution is 2.44. The van der Waals surface area contributed by atoms with E-state index in [9.17, 15) is 14.4 Å². The van der Waals surface area contributed by atoms with Crippen LogP contribution in [0, 0.1) is 5.92 Å². The molecule has 2 aromatic carbocycles. The third-order valence-electron chi connectivity index (χ3n) is 6.15. The third-order valence-corrected chi connectivity index (χ3v) is 6.15. The maximum atomic E-state index is 12.5. The van der Waals surface area contributed by atoms with E-state index in [-0.39, 0.29) is 31.4 Å². The van der Waals surface area contributed by atoms with Crippen LogP contribution in [0.3, 0.4) is 0 Å². The van der Waals surface area contributed by atoms with Gasteiger partial charge in [0.15, 0.2) is 0 Å². The molecule has 0 spiro atoms. The maximum Gasteiger partial charge on any atom is 0.407 e. The van der Waals surface area contributed by atoms with E-state index in [1.54, 1.807) is 6.92 Å². The summed E-state index contributed by atoms with van der Waals surface area (Å²) in [5.74, 6) is -1.77. The average Bonchev–Trinajstić information content (AvgIpc) is 3.10. The molecule has 3 rings (SSSR count). The van der Waals surface area contributed by atoms with Gasteiger partial charge in [0.25, 0.3) is 0 Å². The van der Waals surface area contributed by atoms with Gasteiger partial charge in [-0.15, -0.1) is 0 Å². The van der Waals surface area contributed by atoms with Crippen molar-refractivity contribution in [3.05, 3.63) is 59.7 Å². The predicted octanol–water partition coefficient (Wildman–Crippen LogP) is 4.31. The fraction of sp³-hybridized carbons (Fsp3) is 0.423. The lowest BCUT2D eigenvalue weighted by Gasteiger charge is -2.26. The maximum absolute atomic E-state index is 12.5. The first kappa shape index (κ1) is 24.3. The number of aliphatic carboxylic acids is 1. The van der Waals surface area contributed by atoms with Gasteiger partial charge in [0.1, 0.15) is 6.61 Å². The number of carbonyl (C=O) groups excluding carboxylic acids is 2. The molecule has 3 N–H and O–H groups in total. The second-order valence-corrected chi connectivity index (χ2v) is 9.08. The number of ether oxygens (including phenoxy) is 1. The Balaban J connectivity index is 1.49. The summed E-state index contributed by atoms with van der Waals surface area (Å²) in [5, 5.41) is 14.6. The number of carboxylic acids is 1. The van der Waals surface area contributed by atoms with Gasteiger partial charge >= 0.3 is 12.1 Å². The van der Waals surface area contributed by atoms with Gasteiger partial charge in [0.05, 0.1) is 5.92 Å². The highest BCUT2D eigenvalue weighted by molar-refractivity contribution is 5.79. The molecule has 1 aliphatic carbocycles. The smallest absolute Gasteiger partial charge is 0.407 e. The molecule has 0 heterocycles. The number of nitrogens with one attached hydrogen (secondary N) is 2. The van der Waals surface area contributed by atoms with Crippen molar-refractivity contribution in [2.75, 3.05) is 13.2 Å². The normalized spacial score (nSPS) is 13.5. The van der Waals surface area contributed by atoms with E-state index in [1.807, 2.05) is 38.1 Å². The Morgan fingerprint density at radius 3 is 2.15 bits per heavy atom. The highest BCUT2D eigenvalue weighted by atomic mass is 16.5. The molecule has 0 aliphatic heterocycles. The first-order chi connectivity index (χ1) is 15.7. The summed E-state index contributed by atoms with van der Waals surface area (Å²) >= 11 is 0. The minimum Gasteiger partial charge on any atom is -0.481 e.